The number of thioether (sulfide) groups is 2. The van der Waals surface area contributed by atoms with Gasteiger partial charge in [-0.05, 0) is 26.8 Å². The fourth-order valence-electron chi connectivity index (χ4n) is 2.18. The van der Waals surface area contributed by atoms with Crippen LogP contribution in [0.15, 0.2) is 6.20 Å². The van der Waals surface area contributed by atoms with Crippen LogP contribution in [0.1, 0.15) is 48.6 Å². The van der Waals surface area contributed by atoms with Crippen LogP contribution in [0, 0.1) is 6.92 Å². The monoisotopic (exact) mass is 297 g/mol. The minimum Gasteiger partial charge on any atom is -0.310 e. The predicted octanol–water partition coefficient (Wildman–Crippen LogP) is 3.37. The summed E-state index contributed by atoms with van der Waals surface area (Å²) in [4.78, 5) is 9.35. The average molecular weight is 297 g/mol. The Morgan fingerprint density at radius 3 is 2.95 bits per heavy atom. The fraction of sp³-hybridized carbons (Fsp3) is 0.714. The molecule has 5 heteroatoms. The van der Waals surface area contributed by atoms with Crippen molar-refractivity contribution in [2.45, 2.75) is 38.5 Å². The van der Waals surface area contributed by atoms with Gasteiger partial charge in [-0.1, -0.05) is 6.92 Å². The van der Waals surface area contributed by atoms with Crippen LogP contribution >= 0.6 is 23.5 Å². The molecule has 0 aliphatic carbocycles. The van der Waals surface area contributed by atoms with Crippen molar-refractivity contribution >= 4 is 23.5 Å². The van der Waals surface area contributed by atoms with E-state index in [1.54, 1.807) is 0 Å². The van der Waals surface area contributed by atoms with Gasteiger partial charge in [0.2, 0.25) is 0 Å². The Morgan fingerprint density at radius 1 is 1.47 bits per heavy atom. The molecule has 1 aromatic rings. The lowest BCUT2D eigenvalue weighted by molar-refractivity contribution is 0.563. The maximum Gasteiger partial charge on any atom is 0.142 e. The standard InChI is InChI=1S/C14H23N3S2/c1-4-5-15-10(2)12-8-16-14(17-11(12)3)13-9-18-6-7-19-13/h8,10,13,15H,4-7,9H2,1-3H3. The van der Waals surface area contributed by atoms with Gasteiger partial charge in [-0.25, -0.2) is 9.97 Å². The molecule has 0 spiro atoms. The first kappa shape index (κ1) is 15.1. The van der Waals surface area contributed by atoms with E-state index in [-0.39, 0.29) is 0 Å². The summed E-state index contributed by atoms with van der Waals surface area (Å²) in [5, 5.41) is 3.98. The zero-order valence-electron chi connectivity index (χ0n) is 12.0. The lowest BCUT2D eigenvalue weighted by Crippen LogP contribution is -2.21. The van der Waals surface area contributed by atoms with Crippen molar-refractivity contribution in [3.8, 4) is 0 Å². The zero-order chi connectivity index (χ0) is 13.7. The quantitative estimate of drug-likeness (QED) is 0.902. The zero-order valence-corrected chi connectivity index (χ0v) is 13.6. The molecule has 2 rings (SSSR count). The summed E-state index contributed by atoms with van der Waals surface area (Å²) in [6.45, 7) is 7.51. The third-order valence-corrected chi connectivity index (χ3v) is 6.06. The molecule has 2 atom stereocenters. The lowest BCUT2D eigenvalue weighted by Gasteiger charge is -2.21. The number of hydrogen-bond donors (Lipinski definition) is 1. The summed E-state index contributed by atoms with van der Waals surface area (Å²) >= 11 is 4.00. The molecule has 0 radical (unpaired) electrons. The van der Waals surface area contributed by atoms with Crippen molar-refractivity contribution in [1.82, 2.24) is 15.3 Å². The van der Waals surface area contributed by atoms with E-state index in [1.165, 1.54) is 17.1 Å². The molecule has 0 aromatic carbocycles. The Balaban J connectivity index is 2.07. The molecule has 3 nitrogen and oxygen atoms in total. The molecule has 1 aliphatic rings. The van der Waals surface area contributed by atoms with Gasteiger partial charge in [0.05, 0.1) is 5.25 Å². The lowest BCUT2D eigenvalue weighted by atomic mass is 10.1. The molecular formula is C14H23N3S2. The van der Waals surface area contributed by atoms with Gasteiger partial charge in [-0.3, -0.25) is 0 Å². The minimum atomic E-state index is 0.336. The van der Waals surface area contributed by atoms with Gasteiger partial charge in [-0.2, -0.15) is 11.8 Å². The predicted molar refractivity (Wildman–Crippen MR) is 86.0 cm³/mol. The number of nitrogens with one attached hydrogen (secondary N) is 1. The van der Waals surface area contributed by atoms with Gasteiger partial charge in [0.15, 0.2) is 0 Å². The summed E-state index contributed by atoms with van der Waals surface area (Å²) in [5.41, 5.74) is 2.35. The fourth-order valence-corrected chi connectivity index (χ4v) is 4.79. The molecule has 1 fully saturated rings. The maximum atomic E-state index is 4.74. The van der Waals surface area contributed by atoms with E-state index in [2.05, 4.69) is 31.1 Å². The van der Waals surface area contributed by atoms with Crippen LogP contribution in [0.25, 0.3) is 0 Å². The molecule has 2 unspecified atom stereocenters. The van der Waals surface area contributed by atoms with Gasteiger partial charge in [0.25, 0.3) is 0 Å². The van der Waals surface area contributed by atoms with Gasteiger partial charge >= 0.3 is 0 Å². The number of aromatic nitrogens is 2. The van der Waals surface area contributed by atoms with Crippen molar-refractivity contribution in [2.24, 2.45) is 0 Å². The Bertz CT molecular complexity index is 406. The number of aryl methyl sites for hydroxylation is 1. The van der Waals surface area contributed by atoms with E-state index < -0.39 is 0 Å². The highest BCUT2D eigenvalue weighted by Crippen LogP contribution is 2.35. The normalized spacial score (nSPS) is 21.3. The van der Waals surface area contributed by atoms with Crippen molar-refractivity contribution in [3.63, 3.8) is 0 Å². The maximum absolute atomic E-state index is 4.74. The van der Waals surface area contributed by atoms with Crippen LogP contribution in [-0.2, 0) is 0 Å². The number of hydrogen-bond acceptors (Lipinski definition) is 5. The summed E-state index contributed by atoms with van der Waals surface area (Å²) in [6.07, 6.45) is 3.17. The first-order valence-electron chi connectivity index (χ1n) is 6.98. The molecule has 1 aliphatic heterocycles. The Kier molecular flexibility index (Phi) is 5.98. The molecule has 19 heavy (non-hydrogen) atoms. The topological polar surface area (TPSA) is 37.8 Å². The largest absolute Gasteiger partial charge is 0.310 e. The highest BCUT2D eigenvalue weighted by Gasteiger charge is 2.20. The van der Waals surface area contributed by atoms with Gasteiger partial charge in [0, 0.05) is 40.8 Å². The first-order chi connectivity index (χ1) is 9.22. The van der Waals surface area contributed by atoms with Crippen molar-refractivity contribution < 1.29 is 0 Å². The summed E-state index contributed by atoms with van der Waals surface area (Å²) < 4.78 is 0. The third kappa shape index (κ3) is 4.10. The van der Waals surface area contributed by atoms with E-state index in [1.807, 2.05) is 29.7 Å². The second kappa shape index (κ2) is 7.50. The van der Waals surface area contributed by atoms with E-state index in [9.17, 15) is 0 Å². The second-order valence-electron chi connectivity index (χ2n) is 4.88. The molecule has 106 valence electrons. The van der Waals surface area contributed by atoms with Crippen LogP contribution in [0.4, 0.5) is 0 Å². The Hall–Kier alpha value is -0.260. The van der Waals surface area contributed by atoms with E-state index in [0.29, 0.717) is 11.3 Å². The van der Waals surface area contributed by atoms with Crippen LogP contribution < -0.4 is 5.32 Å². The van der Waals surface area contributed by atoms with Crippen molar-refractivity contribution in [3.05, 3.63) is 23.3 Å². The highest BCUT2D eigenvalue weighted by atomic mass is 32.2. The van der Waals surface area contributed by atoms with E-state index >= 15 is 0 Å². The first-order valence-corrected chi connectivity index (χ1v) is 9.19. The van der Waals surface area contributed by atoms with Crippen LogP contribution in [0.2, 0.25) is 0 Å². The van der Waals surface area contributed by atoms with Gasteiger partial charge in [0.1, 0.15) is 5.82 Å². The number of rotatable bonds is 5. The van der Waals surface area contributed by atoms with Crippen molar-refractivity contribution in [2.75, 3.05) is 23.8 Å². The third-order valence-electron chi connectivity index (χ3n) is 3.31. The molecule has 0 saturated carbocycles. The average Bonchev–Trinajstić information content (AvgIpc) is 2.45. The summed E-state index contributed by atoms with van der Waals surface area (Å²) in [7, 11) is 0. The summed E-state index contributed by atoms with van der Waals surface area (Å²) in [5.74, 6) is 4.64. The SMILES string of the molecule is CCCNC(C)c1cnc(C2CSCCS2)nc1C. The van der Waals surface area contributed by atoms with E-state index in [4.69, 9.17) is 4.98 Å². The molecule has 1 saturated heterocycles. The minimum absolute atomic E-state index is 0.336. The van der Waals surface area contributed by atoms with Crippen LogP contribution in [0.3, 0.4) is 0 Å². The smallest absolute Gasteiger partial charge is 0.142 e. The van der Waals surface area contributed by atoms with Crippen LogP contribution in [0.5, 0.6) is 0 Å². The Labute approximate surface area is 124 Å². The second-order valence-corrected chi connectivity index (χ2v) is 7.34. The van der Waals surface area contributed by atoms with Crippen molar-refractivity contribution in [1.29, 1.82) is 0 Å². The van der Waals surface area contributed by atoms with E-state index in [0.717, 1.165) is 30.2 Å². The number of nitrogens with zero attached hydrogens (tertiary/aromatic N) is 2. The molecule has 2 heterocycles. The summed E-state index contributed by atoms with van der Waals surface area (Å²) in [6, 6.07) is 0.336. The molecule has 0 amide bonds. The molecule has 0 bridgehead atoms. The molecule has 1 N–H and O–H groups in total. The highest BCUT2D eigenvalue weighted by molar-refractivity contribution is 8.06. The van der Waals surface area contributed by atoms with Gasteiger partial charge in [-0.15, -0.1) is 11.8 Å². The Morgan fingerprint density at radius 2 is 2.32 bits per heavy atom. The molecular weight excluding hydrogens is 274 g/mol. The van der Waals surface area contributed by atoms with Crippen LogP contribution in [-0.4, -0.2) is 33.8 Å². The molecule has 1 aromatic heterocycles. The van der Waals surface area contributed by atoms with Gasteiger partial charge < -0.3 is 5.32 Å².